The fourth-order valence-corrected chi connectivity index (χ4v) is 1.80. The summed E-state index contributed by atoms with van der Waals surface area (Å²) < 4.78 is 5.20. The van der Waals surface area contributed by atoms with E-state index >= 15 is 0 Å². The van der Waals surface area contributed by atoms with Crippen LogP contribution >= 0.6 is 11.6 Å². The monoisotopic (exact) mass is 263 g/mol. The first-order chi connectivity index (χ1) is 8.63. The van der Waals surface area contributed by atoms with E-state index in [0.29, 0.717) is 17.0 Å². The quantitative estimate of drug-likeness (QED) is 0.865. The van der Waals surface area contributed by atoms with Gasteiger partial charge in [-0.15, -0.1) is 0 Å². The Balaban J connectivity index is 2.69. The van der Waals surface area contributed by atoms with Crippen LogP contribution in [0.3, 0.4) is 0 Å². The van der Waals surface area contributed by atoms with Crippen LogP contribution in [0.15, 0.2) is 36.4 Å². The van der Waals surface area contributed by atoms with E-state index in [1.165, 1.54) is 19.2 Å². The SMILES string of the molecule is COc1ccccc1-c1nc(Cl)ccc1C(=O)O. The molecule has 92 valence electrons. The lowest BCUT2D eigenvalue weighted by molar-refractivity contribution is 0.0697. The molecule has 0 atom stereocenters. The Kier molecular flexibility index (Phi) is 3.48. The van der Waals surface area contributed by atoms with E-state index in [4.69, 9.17) is 21.4 Å². The van der Waals surface area contributed by atoms with E-state index in [1.807, 2.05) is 0 Å². The van der Waals surface area contributed by atoms with Gasteiger partial charge >= 0.3 is 5.97 Å². The number of carboxylic acids is 1. The first-order valence-corrected chi connectivity index (χ1v) is 5.54. The number of para-hydroxylation sites is 1. The zero-order valence-corrected chi connectivity index (χ0v) is 10.3. The highest BCUT2D eigenvalue weighted by atomic mass is 35.5. The number of methoxy groups -OCH3 is 1. The van der Waals surface area contributed by atoms with Crippen LogP contribution in [0.5, 0.6) is 5.75 Å². The molecule has 0 fully saturated rings. The second-order valence-electron chi connectivity index (χ2n) is 3.54. The van der Waals surface area contributed by atoms with E-state index < -0.39 is 5.97 Å². The second kappa shape index (κ2) is 5.06. The maximum atomic E-state index is 11.2. The number of pyridine rings is 1. The molecule has 2 aromatic rings. The summed E-state index contributed by atoms with van der Waals surface area (Å²) in [7, 11) is 1.52. The van der Waals surface area contributed by atoms with Crippen LogP contribution in [0.25, 0.3) is 11.3 Å². The molecule has 0 aliphatic rings. The van der Waals surface area contributed by atoms with E-state index in [0.717, 1.165) is 0 Å². The fraction of sp³-hybridized carbons (Fsp3) is 0.0769. The summed E-state index contributed by atoms with van der Waals surface area (Å²) in [6.45, 7) is 0. The topological polar surface area (TPSA) is 59.4 Å². The number of benzene rings is 1. The van der Waals surface area contributed by atoms with Crippen LogP contribution < -0.4 is 4.74 Å². The van der Waals surface area contributed by atoms with Crippen LogP contribution in [-0.4, -0.2) is 23.2 Å². The lowest BCUT2D eigenvalue weighted by Gasteiger charge is -2.10. The molecular weight excluding hydrogens is 254 g/mol. The summed E-state index contributed by atoms with van der Waals surface area (Å²) >= 11 is 5.82. The molecule has 1 aromatic carbocycles. The Morgan fingerprint density at radius 3 is 2.67 bits per heavy atom. The molecule has 1 aromatic heterocycles. The van der Waals surface area contributed by atoms with Crippen LogP contribution in [0.2, 0.25) is 5.15 Å². The minimum absolute atomic E-state index is 0.0869. The number of nitrogens with zero attached hydrogens (tertiary/aromatic N) is 1. The molecule has 0 aliphatic heterocycles. The number of aromatic carboxylic acids is 1. The van der Waals surface area contributed by atoms with Gasteiger partial charge in [-0.3, -0.25) is 0 Å². The molecule has 1 N–H and O–H groups in total. The Morgan fingerprint density at radius 1 is 1.28 bits per heavy atom. The number of carboxylic acid groups (broad SMARTS) is 1. The molecule has 0 amide bonds. The molecule has 0 saturated carbocycles. The van der Waals surface area contributed by atoms with Gasteiger partial charge in [-0.1, -0.05) is 23.7 Å². The molecule has 0 bridgehead atoms. The highest BCUT2D eigenvalue weighted by Crippen LogP contribution is 2.31. The predicted octanol–water partition coefficient (Wildman–Crippen LogP) is 3.11. The van der Waals surface area contributed by atoms with Gasteiger partial charge in [0.05, 0.1) is 18.4 Å². The number of ether oxygens (including phenoxy) is 1. The van der Waals surface area contributed by atoms with Gasteiger partial charge in [0.2, 0.25) is 0 Å². The Morgan fingerprint density at radius 2 is 2.00 bits per heavy atom. The molecule has 0 spiro atoms. The lowest BCUT2D eigenvalue weighted by Crippen LogP contribution is -2.02. The molecule has 0 radical (unpaired) electrons. The number of hydrogen-bond acceptors (Lipinski definition) is 3. The van der Waals surface area contributed by atoms with Gasteiger partial charge in [-0.05, 0) is 24.3 Å². The van der Waals surface area contributed by atoms with Crippen molar-refractivity contribution in [3.63, 3.8) is 0 Å². The third-order valence-electron chi connectivity index (χ3n) is 2.45. The zero-order chi connectivity index (χ0) is 13.1. The van der Waals surface area contributed by atoms with E-state index in [9.17, 15) is 4.79 Å². The summed E-state index contributed by atoms with van der Waals surface area (Å²) in [6.07, 6.45) is 0. The third-order valence-corrected chi connectivity index (χ3v) is 2.66. The van der Waals surface area contributed by atoms with E-state index in [2.05, 4.69) is 4.98 Å². The van der Waals surface area contributed by atoms with Crippen molar-refractivity contribution in [2.24, 2.45) is 0 Å². The van der Waals surface area contributed by atoms with Crippen molar-refractivity contribution >= 4 is 17.6 Å². The van der Waals surface area contributed by atoms with Gasteiger partial charge in [0.25, 0.3) is 0 Å². The van der Waals surface area contributed by atoms with E-state index in [-0.39, 0.29) is 10.7 Å². The second-order valence-corrected chi connectivity index (χ2v) is 3.92. The first-order valence-electron chi connectivity index (χ1n) is 5.16. The average molecular weight is 264 g/mol. The maximum Gasteiger partial charge on any atom is 0.337 e. The van der Waals surface area contributed by atoms with Gasteiger partial charge in [-0.2, -0.15) is 0 Å². The van der Waals surface area contributed by atoms with Crippen LogP contribution in [0.1, 0.15) is 10.4 Å². The largest absolute Gasteiger partial charge is 0.496 e. The van der Waals surface area contributed by atoms with Crippen LogP contribution in [-0.2, 0) is 0 Å². The van der Waals surface area contributed by atoms with Gasteiger partial charge in [0.15, 0.2) is 0 Å². The molecule has 1 heterocycles. The van der Waals surface area contributed by atoms with Gasteiger partial charge in [0.1, 0.15) is 10.9 Å². The van der Waals surface area contributed by atoms with Crippen LogP contribution in [0, 0.1) is 0 Å². The summed E-state index contributed by atoms with van der Waals surface area (Å²) in [6, 6.07) is 9.94. The maximum absolute atomic E-state index is 11.2. The average Bonchev–Trinajstić information content (AvgIpc) is 2.38. The number of carbonyl (C=O) groups is 1. The first kappa shape index (κ1) is 12.4. The minimum Gasteiger partial charge on any atom is -0.496 e. The van der Waals surface area contributed by atoms with Crippen molar-refractivity contribution in [2.45, 2.75) is 0 Å². The van der Waals surface area contributed by atoms with Crippen molar-refractivity contribution < 1.29 is 14.6 Å². The fourth-order valence-electron chi connectivity index (χ4n) is 1.65. The van der Waals surface area contributed by atoms with Crippen LogP contribution in [0.4, 0.5) is 0 Å². The summed E-state index contributed by atoms with van der Waals surface area (Å²) in [5, 5.41) is 9.39. The predicted molar refractivity (Wildman–Crippen MR) is 68.2 cm³/mol. The normalized spacial score (nSPS) is 10.1. The third kappa shape index (κ3) is 2.28. The minimum atomic E-state index is -1.06. The highest BCUT2D eigenvalue weighted by molar-refractivity contribution is 6.29. The molecule has 5 heteroatoms. The molecule has 0 saturated heterocycles. The standard InChI is InChI=1S/C13H10ClNO3/c1-18-10-5-3-2-4-8(10)12-9(13(16)17)6-7-11(14)15-12/h2-7H,1H3,(H,16,17). The van der Waals surface area contributed by atoms with Crippen molar-refractivity contribution in [3.05, 3.63) is 47.1 Å². The molecule has 0 unspecified atom stereocenters. The lowest BCUT2D eigenvalue weighted by atomic mass is 10.1. The van der Waals surface area contributed by atoms with Gasteiger partial charge in [-0.25, -0.2) is 9.78 Å². The van der Waals surface area contributed by atoms with Crippen molar-refractivity contribution in [3.8, 4) is 17.0 Å². The summed E-state index contributed by atoms with van der Waals surface area (Å²) in [5.41, 5.74) is 0.983. The number of rotatable bonds is 3. The highest BCUT2D eigenvalue weighted by Gasteiger charge is 2.16. The molecule has 0 aliphatic carbocycles. The Bertz CT molecular complexity index is 599. The summed E-state index contributed by atoms with van der Waals surface area (Å²) in [5.74, 6) is -0.505. The van der Waals surface area contributed by atoms with Crippen molar-refractivity contribution in [1.82, 2.24) is 4.98 Å². The molecule has 18 heavy (non-hydrogen) atoms. The number of halogens is 1. The van der Waals surface area contributed by atoms with Crippen molar-refractivity contribution in [1.29, 1.82) is 0 Å². The zero-order valence-electron chi connectivity index (χ0n) is 9.55. The van der Waals surface area contributed by atoms with E-state index in [1.54, 1.807) is 24.3 Å². The molecule has 4 nitrogen and oxygen atoms in total. The number of aromatic nitrogens is 1. The molecule has 2 rings (SSSR count). The van der Waals surface area contributed by atoms with Gasteiger partial charge in [0, 0.05) is 5.56 Å². The van der Waals surface area contributed by atoms with Crippen molar-refractivity contribution in [2.75, 3.05) is 7.11 Å². The Labute approximate surface area is 109 Å². The number of hydrogen-bond donors (Lipinski definition) is 1. The molecular formula is C13H10ClNO3. The smallest absolute Gasteiger partial charge is 0.337 e. The summed E-state index contributed by atoms with van der Waals surface area (Å²) in [4.78, 5) is 15.3. The van der Waals surface area contributed by atoms with Gasteiger partial charge < -0.3 is 9.84 Å². The Hall–Kier alpha value is -2.07.